The van der Waals surface area contributed by atoms with Gasteiger partial charge in [-0.1, -0.05) is 6.08 Å². The van der Waals surface area contributed by atoms with Gasteiger partial charge in [-0.25, -0.2) is 0 Å². The lowest BCUT2D eigenvalue weighted by Crippen LogP contribution is -2.44. The van der Waals surface area contributed by atoms with Crippen molar-refractivity contribution in [1.29, 1.82) is 0 Å². The third-order valence-electron chi connectivity index (χ3n) is 3.09. The maximum absolute atomic E-state index is 11.7. The van der Waals surface area contributed by atoms with Gasteiger partial charge >= 0.3 is 0 Å². The number of hydrogen-bond donors (Lipinski definition) is 2. The molecule has 1 aliphatic heterocycles. The van der Waals surface area contributed by atoms with Crippen LogP contribution in [0.2, 0.25) is 0 Å². The molecule has 0 bridgehead atoms. The minimum absolute atomic E-state index is 0.0329. The molecule has 3 heteroatoms. The number of ketones is 1. The van der Waals surface area contributed by atoms with Gasteiger partial charge < -0.3 is 11.1 Å². The van der Waals surface area contributed by atoms with Gasteiger partial charge in [-0.05, 0) is 32.7 Å². The summed E-state index contributed by atoms with van der Waals surface area (Å²) in [5.41, 5.74) is 5.31. The Bertz CT molecular complexity index is 235. The van der Waals surface area contributed by atoms with Gasteiger partial charge in [-0.2, -0.15) is 0 Å². The van der Waals surface area contributed by atoms with Crippen molar-refractivity contribution in [3.05, 3.63) is 12.7 Å². The van der Waals surface area contributed by atoms with Crippen molar-refractivity contribution in [2.75, 3.05) is 13.1 Å². The molecule has 80 valence electrons. The van der Waals surface area contributed by atoms with Gasteiger partial charge in [0.25, 0.3) is 0 Å². The summed E-state index contributed by atoms with van der Waals surface area (Å²) in [6, 6.07) is 0. The van der Waals surface area contributed by atoms with E-state index in [2.05, 4.69) is 25.7 Å². The van der Waals surface area contributed by atoms with Crippen molar-refractivity contribution >= 4 is 5.78 Å². The van der Waals surface area contributed by atoms with Gasteiger partial charge in [0.1, 0.15) is 0 Å². The molecule has 0 saturated carbocycles. The molecule has 0 aliphatic carbocycles. The molecule has 14 heavy (non-hydrogen) atoms. The fourth-order valence-electron chi connectivity index (χ4n) is 2.44. The molecule has 0 spiro atoms. The van der Waals surface area contributed by atoms with Gasteiger partial charge in [0, 0.05) is 11.5 Å². The Hall–Kier alpha value is -0.670. The molecule has 1 heterocycles. The van der Waals surface area contributed by atoms with Gasteiger partial charge in [-0.3, -0.25) is 4.79 Å². The van der Waals surface area contributed by atoms with Crippen LogP contribution in [0.25, 0.3) is 0 Å². The van der Waals surface area contributed by atoms with Gasteiger partial charge in [0.15, 0.2) is 5.78 Å². The number of Topliss-reactive ketones (excluding diaryl/α,β-unsaturated/α-hetero) is 1. The molecule has 3 N–H and O–H groups in total. The van der Waals surface area contributed by atoms with E-state index >= 15 is 0 Å². The zero-order valence-electron chi connectivity index (χ0n) is 9.05. The van der Waals surface area contributed by atoms with Crippen LogP contribution in [-0.2, 0) is 4.79 Å². The van der Waals surface area contributed by atoms with E-state index in [0.29, 0.717) is 5.92 Å². The molecule has 0 aromatic heterocycles. The second kappa shape index (κ2) is 4.24. The third-order valence-corrected chi connectivity index (χ3v) is 3.09. The zero-order valence-corrected chi connectivity index (χ0v) is 9.05. The van der Waals surface area contributed by atoms with Gasteiger partial charge in [0.2, 0.25) is 0 Å². The van der Waals surface area contributed by atoms with Gasteiger partial charge in [-0.15, -0.1) is 6.58 Å². The summed E-state index contributed by atoms with van der Waals surface area (Å²) in [6.07, 6.45) is 2.76. The van der Waals surface area contributed by atoms with Crippen LogP contribution in [0.1, 0.15) is 20.3 Å². The number of nitrogens with two attached hydrogens (primary N) is 1. The second-order valence-electron chi connectivity index (χ2n) is 4.54. The summed E-state index contributed by atoms with van der Waals surface area (Å²) < 4.78 is 0. The molecule has 1 rings (SSSR count). The molecule has 0 unspecified atom stereocenters. The number of hydrogen-bond acceptors (Lipinski definition) is 3. The summed E-state index contributed by atoms with van der Waals surface area (Å²) in [5, 5.41) is 3.37. The van der Waals surface area contributed by atoms with Crippen LogP contribution < -0.4 is 11.1 Å². The van der Waals surface area contributed by atoms with E-state index < -0.39 is 0 Å². The topological polar surface area (TPSA) is 55.1 Å². The molecular formula is C11H20N2O. The summed E-state index contributed by atoms with van der Waals surface area (Å²) in [4.78, 5) is 11.7. The van der Waals surface area contributed by atoms with Crippen molar-refractivity contribution < 1.29 is 4.79 Å². The normalized spacial score (nSPS) is 30.2. The predicted octanol–water partition coefficient (Wildman–Crippen LogP) is 0.705. The van der Waals surface area contributed by atoms with Crippen LogP contribution in [0.4, 0.5) is 0 Å². The first-order valence-electron chi connectivity index (χ1n) is 5.11. The highest BCUT2D eigenvalue weighted by Gasteiger charge is 2.44. The Morgan fingerprint density at radius 3 is 2.86 bits per heavy atom. The Balaban J connectivity index is 2.80. The van der Waals surface area contributed by atoms with Crippen molar-refractivity contribution in [3.63, 3.8) is 0 Å². The monoisotopic (exact) mass is 196 g/mol. The van der Waals surface area contributed by atoms with E-state index in [4.69, 9.17) is 5.73 Å². The van der Waals surface area contributed by atoms with Crippen LogP contribution >= 0.6 is 0 Å². The molecule has 0 radical (unpaired) electrons. The first-order valence-corrected chi connectivity index (χ1v) is 5.11. The molecule has 0 aromatic rings. The van der Waals surface area contributed by atoms with E-state index in [9.17, 15) is 4.79 Å². The fraction of sp³-hybridized carbons (Fsp3) is 0.727. The highest BCUT2D eigenvalue weighted by molar-refractivity contribution is 5.84. The van der Waals surface area contributed by atoms with Crippen LogP contribution in [-0.4, -0.2) is 24.4 Å². The number of carbonyl (C=O) groups is 1. The van der Waals surface area contributed by atoms with Crippen LogP contribution in [0.3, 0.4) is 0 Å². The van der Waals surface area contributed by atoms with Crippen LogP contribution in [0.5, 0.6) is 0 Å². The molecule has 2 atom stereocenters. The Labute approximate surface area is 85.7 Å². The quantitative estimate of drug-likeness (QED) is 0.651. The third kappa shape index (κ3) is 2.04. The highest BCUT2D eigenvalue weighted by Crippen LogP contribution is 2.33. The van der Waals surface area contributed by atoms with Crippen molar-refractivity contribution in [2.24, 2.45) is 17.6 Å². The Morgan fingerprint density at radius 2 is 2.36 bits per heavy atom. The van der Waals surface area contributed by atoms with E-state index in [1.54, 1.807) is 0 Å². The minimum Gasteiger partial charge on any atom is -0.324 e. The molecule has 1 fully saturated rings. The SMILES string of the molecule is C=CC[C@@H]1CNC(C)(C)[C@H]1C(=O)CN. The first kappa shape index (κ1) is 11.4. The number of rotatable bonds is 4. The molecule has 0 aromatic carbocycles. The molecule has 3 nitrogen and oxygen atoms in total. The summed E-state index contributed by atoms with van der Waals surface area (Å²) >= 11 is 0. The smallest absolute Gasteiger partial charge is 0.151 e. The van der Waals surface area contributed by atoms with Gasteiger partial charge in [0.05, 0.1) is 6.54 Å². The van der Waals surface area contributed by atoms with Crippen molar-refractivity contribution in [2.45, 2.75) is 25.8 Å². The Morgan fingerprint density at radius 1 is 1.71 bits per heavy atom. The number of allylic oxidation sites excluding steroid dienone is 1. The average molecular weight is 196 g/mol. The second-order valence-corrected chi connectivity index (χ2v) is 4.54. The van der Waals surface area contributed by atoms with E-state index in [0.717, 1.165) is 13.0 Å². The molecule has 1 aliphatic rings. The highest BCUT2D eigenvalue weighted by atomic mass is 16.1. The fourth-order valence-corrected chi connectivity index (χ4v) is 2.44. The van der Waals surface area contributed by atoms with Crippen molar-refractivity contribution in [1.82, 2.24) is 5.32 Å². The minimum atomic E-state index is -0.121. The summed E-state index contributed by atoms with van der Waals surface area (Å²) in [7, 11) is 0. The maximum Gasteiger partial charge on any atom is 0.151 e. The molecular weight excluding hydrogens is 176 g/mol. The zero-order chi connectivity index (χ0) is 10.8. The van der Waals surface area contributed by atoms with E-state index in [1.807, 2.05) is 6.08 Å². The lowest BCUT2D eigenvalue weighted by atomic mass is 9.78. The average Bonchev–Trinajstić information content (AvgIpc) is 2.41. The van der Waals surface area contributed by atoms with E-state index in [1.165, 1.54) is 0 Å². The maximum atomic E-state index is 11.7. The summed E-state index contributed by atoms with van der Waals surface area (Å²) in [6.45, 7) is 8.88. The lowest BCUT2D eigenvalue weighted by Gasteiger charge is -2.28. The Kier molecular flexibility index (Phi) is 3.45. The molecule has 1 saturated heterocycles. The largest absolute Gasteiger partial charge is 0.324 e. The van der Waals surface area contributed by atoms with Crippen molar-refractivity contribution in [3.8, 4) is 0 Å². The lowest BCUT2D eigenvalue weighted by molar-refractivity contribution is -0.123. The standard InChI is InChI=1S/C11H20N2O/c1-4-5-8-7-13-11(2,3)10(8)9(14)6-12/h4,8,10,13H,1,5-7,12H2,2-3H3/t8-,10-/m1/s1. The predicted molar refractivity (Wildman–Crippen MR) is 57.9 cm³/mol. The molecule has 0 amide bonds. The summed E-state index contributed by atoms with van der Waals surface area (Å²) in [5.74, 6) is 0.552. The van der Waals surface area contributed by atoms with E-state index in [-0.39, 0.29) is 23.8 Å². The number of carbonyl (C=O) groups excluding carboxylic acids is 1. The first-order chi connectivity index (χ1) is 6.53. The van der Waals surface area contributed by atoms with Crippen LogP contribution in [0, 0.1) is 11.8 Å². The number of nitrogens with one attached hydrogen (secondary N) is 1. The van der Waals surface area contributed by atoms with Crippen LogP contribution in [0.15, 0.2) is 12.7 Å².